The van der Waals surface area contributed by atoms with E-state index in [2.05, 4.69) is 0 Å². The first kappa shape index (κ1) is 17.3. The molecular formula is C18H11FNO3S2-. The standard InChI is InChI=1S/C18H12FNO3S2/c19-13-9-5-4-8-12(13)10-14-16(21)20(18(24)25-14)15(17(22)23)11-6-2-1-3-7-11/h1-10,15H,(H,22,23)/p-1/t15-/m1/s1. The molecule has 0 aliphatic carbocycles. The van der Waals surface area contributed by atoms with Crippen molar-refractivity contribution in [3.05, 3.63) is 76.4 Å². The Bertz CT molecular complexity index is 883. The lowest BCUT2D eigenvalue weighted by atomic mass is 10.1. The second kappa shape index (κ2) is 7.16. The molecule has 126 valence electrons. The molecule has 0 spiro atoms. The Morgan fingerprint density at radius 2 is 1.80 bits per heavy atom. The third-order valence-corrected chi connectivity index (χ3v) is 4.94. The minimum absolute atomic E-state index is 0.0886. The van der Waals surface area contributed by atoms with Gasteiger partial charge < -0.3 is 9.90 Å². The number of carbonyl (C=O) groups excluding carboxylic acids is 2. The van der Waals surface area contributed by atoms with Gasteiger partial charge in [-0.1, -0.05) is 72.5 Å². The Morgan fingerprint density at radius 3 is 2.44 bits per heavy atom. The molecule has 0 saturated carbocycles. The summed E-state index contributed by atoms with van der Waals surface area (Å²) in [7, 11) is 0. The molecule has 25 heavy (non-hydrogen) atoms. The number of hydrogen-bond donors (Lipinski definition) is 0. The summed E-state index contributed by atoms with van der Waals surface area (Å²) in [5.41, 5.74) is 0.610. The highest BCUT2D eigenvalue weighted by molar-refractivity contribution is 8.26. The predicted molar refractivity (Wildman–Crippen MR) is 95.6 cm³/mol. The molecule has 7 heteroatoms. The second-order valence-corrected chi connectivity index (χ2v) is 6.88. The van der Waals surface area contributed by atoms with Crippen LogP contribution in [0.1, 0.15) is 17.2 Å². The average Bonchev–Trinajstić information content (AvgIpc) is 2.86. The van der Waals surface area contributed by atoms with Crippen LogP contribution in [-0.4, -0.2) is 21.1 Å². The molecule has 1 fully saturated rings. The first-order chi connectivity index (χ1) is 12.0. The zero-order valence-electron chi connectivity index (χ0n) is 12.7. The van der Waals surface area contributed by atoms with Gasteiger partial charge in [0.1, 0.15) is 16.2 Å². The van der Waals surface area contributed by atoms with Gasteiger partial charge in [-0.05, 0) is 17.7 Å². The van der Waals surface area contributed by atoms with E-state index in [4.69, 9.17) is 12.2 Å². The Hall–Kier alpha value is -2.51. The number of hydrogen-bond acceptors (Lipinski definition) is 5. The van der Waals surface area contributed by atoms with E-state index in [1.54, 1.807) is 42.5 Å². The third-order valence-electron chi connectivity index (χ3n) is 3.61. The van der Waals surface area contributed by atoms with Crippen molar-refractivity contribution in [1.82, 2.24) is 4.90 Å². The lowest BCUT2D eigenvalue weighted by Gasteiger charge is -2.27. The SMILES string of the molecule is O=C([O-])[C@@H](c1ccccc1)N1C(=O)C(=Cc2ccccc2F)SC1=S. The largest absolute Gasteiger partial charge is 0.547 e. The summed E-state index contributed by atoms with van der Waals surface area (Å²) in [6, 6.07) is 12.9. The van der Waals surface area contributed by atoms with E-state index < -0.39 is 23.7 Å². The van der Waals surface area contributed by atoms with Crippen molar-refractivity contribution in [2.24, 2.45) is 0 Å². The molecule has 0 unspecified atom stereocenters. The molecule has 1 aliphatic rings. The van der Waals surface area contributed by atoms with Gasteiger partial charge in [0.15, 0.2) is 0 Å². The molecule has 0 N–H and O–H groups in total. The Morgan fingerprint density at radius 1 is 1.16 bits per heavy atom. The molecule has 1 amide bonds. The molecule has 0 bridgehead atoms. The van der Waals surface area contributed by atoms with E-state index in [1.165, 1.54) is 18.2 Å². The smallest absolute Gasteiger partial charge is 0.267 e. The molecule has 0 radical (unpaired) electrons. The van der Waals surface area contributed by atoms with Crippen molar-refractivity contribution < 1.29 is 19.1 Å². The quantitative estimate of drug-likeness (QED) is 0.610. The van der Waals surface area contributed by atoms with Crippen LogP contribution >= 0.6 is 24.0 Å². The monoisotopic (exact) mass is 372 g/mol. The maximum atomic E-state index is 13.8. The number of carbonyl (C=O) groups is 2. The summed E-state index contributed by atoms with van der Waals surface area (Å²) in [6.45, 7) is 0. The van der Waals surface area contributed by atoms with Crippen LogP contribution in [0.25, 0.3) is 6.08 Å². The fourth-order valence-corrected chi connectivity index (χ4v) is 3.77. The van der Waals surface area contributed by atoms with Crippen molar-refractivity contribution in [3.63, 3.8) is 0 Å². The topological polar surface area (TPSA) is 60.4 Å². The summed E-state index contributed by atoms with van der Waals surface area (Å²) in [4.78, 5) is 25.5. The van der Waals surface area contributed by atoms with Crippen molar-refractivity contribution in [2.45, 2.75) is 6.04 Å². The van der Waals surface area contributed by atoms with Crippen LogP contribution in [-0.2, 0) is 9.59 Å². The minimum Gasteiger partial charge on any atom is -0.547 e. The summed E-state index contributed by atoms with van der Waals surface area (Å²) in [6.07, 6.45) is 1.37. The maximum Gasteiger partial charge on any atom is 0.267 e. The van der Waals surface area contributed by atoms with Gasteiger partial charge in [0.05, 0.1) is 10.9 Å². The summed E-state index contributed by atoms with van der Waals surface area (Å²) < 4.78 is 13.9. The minimum atomic E-state index is -1.44. The second-order valence-electron chi connectivity index (χ2n) is 5.21. The lowest BCUT2D eigenvalue weighted by Crippen LogP contribution is -2.43. The van der Waals surface area contributed by atoms with Crippen LogP contribution in [0.15, 0.2) is 59.5 Å². The average molecular weight is 372 g/mol. The molecule has 1 heterocycles. The van der Waals surface area contributed by atoms with Gasteiger partial charge in [0, 0.05) is 5.56 Å². The number of halogens is 1. The normalized spacial score (nSPS) is 17.2. The van der Waals surface area contributed by atoms with Crippen LogP contribution in [0.4, 0.5) is 4.39 Å². The van der Waals surface area contributed by atoms with Crippen LogP contribution in [0, 0.1) is 5.82 Å². The van der Waals surface area contributed by atoms with Crippen molar-refractivity contribution in [1.29, 1.82) is 0 Å². The lowest BCUT2D eigenvalue weighted by molar-refractivity contribution is -0.310. The molecule has 1 atom stereocenters. The van der Waals surface area contributed by atoms with E-state index in [0.717, 1.165) is 16.7 Å². The Balaban J connectivity index is 1.98. The Labute approximate surface area is 153 Å². The highest BCUT2D eigenvalue weighted by Gasteiger charge is 2.38. The fourth-order valence-electron chi connectivity index (χ4n) is 2.46. The molecular weight excluding hydrogens is 361 g/mol. The maximum absolute atomic E-state index is 13.8. The Kier molecular flexibility index (Phi) is 4.96. The van der Waals surface area contributed by atoms with Crippen LogP contribution < -0.4 is 5.11 Å². The first-order valence-electron chi connectivity index (χ1n) is 7.26. The number of amides is 1. The van der Waals surface area contributed by atoms with Crippen molar-refractivity contribution >= 4 is 46.3 Å². The summed E-state index contributed by atoms with van der Waals surface area (Å²) in [5, 5.41) is 11.6. The zero-order valence-corrected chi connectivity index (χ0v) is 14.4. The molecule has 0 aromatic heterocycles. The number of benzene rings is 2. The number of nitrogens with zero attached hydrogens (tertiary/aromatic N) is 1. The van der Waals surface area contributed by atoms with E-state index in [-0.39, 0.29) is 14.8 Å². The summed E-state index contributed by atoms with van der Waals surface area (Å²) >= 11 is 6.12. The fraction of sp³-hybridized carbons (Fsp3) is 0.0556. The summed E-state index contributed by atoms with van der Waals surface area (Å²) in [5.74, 6) is -2.50. The van der Waals surface area contributed by atoms with Gasteiger partial charge >= 0.3 is 0 Å². The molecule has 1 aliphatic heterocycles. The predicted octanol–water partition coefficient (Wildman–Crippen LogP) is 2.52. The number of thioether (sulfide) groups is 1. The van der Waals surface area contributed by atoms with Crippen molar-refractivity contribution in [3.8, 4) is 0 Å². The number of thiocarbonyl (C=S) groups is 1. The van der Waals surface area contributed by atoms with Gasteiger partial charge in [0.25, 0.3) is 5.91 Å². The highest BCUT2D eigenvalue weighted by atomic mass is 32.2. The molecule has 2 aromatic rings. The van der Waals surface area contributed by atoms with Crippen LogP contribution in [0.5, 0.6) is 0 Å². The van der Waals surface area contributed by atoms with Gasteiger partial charge in [-0.15, -0.1) is 0 Å². The number of aliphatic carboxylic acids is 1. The molecule has 1 saturated heterocycles. The van der Waals surface area contributed by atoms with Crippen molar-refractivity contribution in [2.75, 3.05) is 0 Å². The molecule has 3 rings (SSSR count). The molecule has 2 aromatic carbocycles. The molecule has 4 nitrogen and oxygen atoms in total. The van der Waals surface area contributed by atoms with E-state index >= 15 is 0 Å². The zero-order chi connectivity index (χ0) is 18.0. The first-order valence-corrected chi connectivity index (χ1v) is 8.49. The highest BCUT2D eigenvalue weighted by Crippen LogP contribution is 2.38. The number of carboxylic acids is 1. The van der Waals surface area contributed by atoms with Gasteiger partial charge in [-0.2, -0.15) is 0 Å². The van der Waals surface area contributed by atoms with Crippen LogP contribution in [0.2, 0.25) is 0 Å². The van der Waals surface area contributed by atoms with E-state index in [9.17, 15) is 19.1 Å². The van der Waals surface area contributed by atoms with Gasteiger partial charge in [-0.25, -0.2) is 4.39 Å². The van der Waals surface area contributed by atoms with Gasteiger partial charge in [0.2, 0.25) is 0 Å². The third kappa shape index (κ3) is 3.47. The van der Waals surface area contributed by atoms with E-state index in [1.807, 2.05) is 0 Å². The van der Waals surface area contributed by atoms with Crippen LogP contribution in [0.3, 0.4) is 0 Å². The van der Waals surface area contributed by atoms with Gasteiger partial charge in [-0.3, -0.25) is 9.69 Å². The number of carboxylic acid groups (broad SMARTS) is 1. The van der Waals surface area contributed by atoms with E-state index in [0.29, 0.717) is 5.56 Å². The number of rotatable bonds is 4.